The Bertz CT molecular complexity index is 981. The number of aliphatic hydroxyl groups excluding tert-OH is 1. The smallest absolute Gasteiger partial charge is 0.463 e. The standard InChI is InChI=1S/C41H74NO8P/c1-3-5-7-9-11-13-15-17-19-21-23-25-27-29-31-33-40(44)42-35-36-49-51(46,47)50-38-39(43)37-48-41(45)34-32-30-28-26-24-22-20-18-16-14-12-10-8-6-4-2/h6,8,12,14,17-20,39,43H,3-5,7,9-11,13,15-16,21-38H2,1-2H3,(H,42,44)(H,46,47)/b8-6-,14-12-,19-17-,20-18-. The number of unbranched alkanes of at least 4 members (excludes halogenated alkanes) is 16. The average Bonchev–Trinajstić information content (AvgIpc) is 3.11. The summed E-state index contributed by atoms with van der Waals surface area (Å²) in [5.41, 5.74) is 0. The lowest BCUT2D eigenvalue weighted by atomic mass is 10.1. The van der Waals surface area contributed by atoms with Crippen LogP contribution in [0.3, 0.4) is 0 Å². The lowest BCUT2D eigenvalue weighted by Crippen LogP contribution is -2.27. The lowest BCUT2D eigenvalue weighted by molar-refractivity contribution is -0.147. The molecule has 0 aromatic heterocycles. The molecule has 0 fully saturated rings. The highest BCUT2D eigenvalue weighted by Crippen LogP contribution is 2.42. The summed E-state index contributed by atoms with van der Waals surface area (Å²) in [5, 5.41) is 12.7. The van der Waals surface area contributed by atoms with Gasteiger partial charge in [-0.1, -0.05) is 133 Å². The fourth-order valence-corrected chi connectivity index (χ4v) is 5.97. The second kappa shape index (κ2) is 37.7. The zero-order valence-electron chi connectivity index (χ0n) is 32.3. The Hall–Kier alpha value is -2.03. The molecule has 0 heterocycles. The first-order chi connectivity index (χ1) is 24.8. The first-order valence-corrected chi connectivity index (χ1v) is 21.6. The van der Waals surface area contributed by atoms with Crippen molar-refractivity contribution in [2.45, 2.75) is 174 Å². The Kier molecular flexibility index (Phi) is 36.2. The predicted molar refractivity (Wildman–Crippen MR) is 210 cm³/mol. The Morgan fingerprint density at radius 2 is 1.12 bits per heavy atom. The number of carbonyl (C=O) groups is 2. The van der Waals surface area contributed by atoms with Crippen LogP contribution >= 0.6 is 7.82 Å². The molecule has 0 saturated carbocycles. The fourth-order valence-electron chi connectivity index (χ4n) is 5.21. The van der Waals surface area contributed by atoms with Crippen LogP contribution in [0.4, 0.5) is 0 Å². The summed E-state index contributed by atoms with van der Waals surface area (Å²) < 4.78 is 26.8. The van der Waals surface area contributed by atoms with Crippen LogP contribution in [-0.4, -0.2) is 54.3 Å². The third kappa shape index (κ3) is 39.0. The van der Waals surface area contributed by atoms with Crippen molar-refractivity contribution in [2.75, 3.05) is 26.4 Å². The lowest BCUT2D eigenvalue weighted by Gasteiger charge is -2.15. The molecule has 0 aliphatic heterocycles. The summed E-state index contributed by atoms with van der Waals surface area (Å²) in [4.78, 5) is 33.8. The third-order valence-electron chi connectivity index (χ3n) is 8.24. The topological polar surface area (TPSA) is 131 Å². The zero-order chi connectivity index (χ0) is 37.5. The van der Waals surface area contributed by atoms with Crippen molar-refractivity contribution in [1.29, 1.82) is 0 Å². The maximum atomic E-state index is 12.1. The molecule has 0 aliphatic rings. The van der Waals surface area contributed by atoms with Crippen LogP contribution in [0.25, 0.3) is 0 Å². The van der Waals surface area contributed by atoms with E-state index in [-0.39, 0.29) is 32.1 Å². The molecule has 2 unspecified atom stereocenters. The molecule has 296 valence electrons. The number of nitrogens with one attached hydrogen (secondary N) is 1. The Morgan fingerprint density at radius 3 is 1.71 bits per heavy atom. The molecule has 0 bridgehead atoms. The minimum Gasteiger partial charge on any atom is -0.463 e. The van der Waals surface area contributed by atoms with Gasteiger partial charge in [-0.05, 0) is 70.6 Å². The summed E-state index contributed by atoms with van der Waals surface area (Å²) in [5.74, 6) is -0.545. The molecule has 51 heavy (non-hydrogen) atoms. The summed E-state index contributed by atoms with van der Waals surface area (Å²) >= 11 is 0. The van der Waals surface area contributed by atoms with Crippen LogP contribution in [-0.2, 0) is 27.9 Å². The highest BCUT2D eigenvalue weighted by Gasteiger charge is 2.23. The van der Waals surface area contributed by atoms with E-state index < -0.39 is 26.5 Å². The predicted octanol–water partition coefficient (Wildman–Crippen LogP) is 10.8. The van der Waals surface area contributed by atoms with Crippen molar-refractivity contribution >= 4 is 19.7 Å². The Labute approximate surface area is 311 Å². The van der Waals surface area contributed by atoms with Crippen LogP contribution < -0.4 is 5.32 Å². The molecule has 0 rings (SSSR count). The maximum Gasteiger partial charge on any atom is 0.472 e. The third-order valence-corrected chi connectivity index (χ3v) is 9.23. The molecule has 2 atom stereocenters. The molecular formula is C41H74NO8P. The van der Waals surface area contributed by atoms with Crippen LogP contribution in [0.1, 0.15) is 168 Å². The fraction of sp³-hybridized carbons (Fsp3) is 0.756. The molecule has 1 amide bonds. The number of ether oxygens (including phenoxy) is 1. The number of amides is 1. The number of hydrogen-bond acceptors (Lipinski definition) is 7. The largest absolute Gasteiger partial charge is 0.472 e. The first kappa shape index (κ1) is 49.0. The van der Waals surface area contributed by atoms with Gasteiger partial charge in [-0.3, -0.25) is 18.6 Å². The van der Waals surface area contributed by atoms with Gasteiger partial charge in [0.1, 0.15) is 12.7 Å². The molecule has 0 radical (unpaired) electrons. The Morgan fingerprint density at radius 1 is 0.627 bits per heavy atom. The molecule has 0 aromatic rings. The van der Waals surface area contributed by atoms with Gasteiger partial charge in [0.15, 0.2) is 0 Å². The van der Waals surface area contributed by atoms with Gasteiger partial charge in [0, 0.05) is 19.4 Å². The van der Waals surface area contributed by atoms with E-state index in [2.05, 4.69) is 67.8 Å². The van der Waals surface area contributed by atoms with Gasteiger partial charge in [0.2, 0.25) is 5.91 Å². The minimum absolute atomic E-state index is 0.0739. The van der Waals surface area contributed by atoms with Gasteiger partial charge in [-0.2, -0.15) is 0 Å². The molecule has 0 aliphatic carbocycles. The van der Waals surface area contributed by atoms with Crippen molar-refractivity contribution < 1.29 is 37.9 Å². The number of hydrogen-bond donors (Lipinski definition) is 3. The van der Waals surface area contributed by atoms with Crippen molar-refractivity contribution in [3.63, 3.8) is 0 Å². The SMILES string of the molecule is CC/C=C\C/C=C\C/C=C\CCCCCCCC(=O)OCC(O)COP(=O)(O)OCCNC(=O)CCCCCCC/C=C\CCCCCCCC. The van der Waals surface area contributed by atoms with Crippen molar-refractivity contribution in [3.05, 3.63) is 48.6 Å². The number of allylic oxidation sites excluding steroid dienone is 8. The van der Waals surface area contributed by atoms with E-state index >= 15 is 0 Å². The van der Waals surface area contributed by atoms with Crippen LogP contribution in [0.2, 0.25) is 0 Å². The minimum atomic E-state index is -4.42. The van der Waals surface area contributed by atoms with Gasteiger partial charge in [0.25, 0.3) is 0 Å². The van der Waals surface area contributed by atoms with Gasteiger partial charge >= 0.3 is 13.8 Å². The number of phosphoric acid groups is 1. The van der Waals surface area contributed by atoms with Crippen LogP contribution in [0.5, 0.6) is 0 Å². The number of carbonyl (C=O) groups excluding carboxylic acids is 2. The van der Waals surface area contributed by atoms with Crippen LogP contribution in [0, 0.1) is 0 Å². The molecule has 10 heteroatoms. The number of esters is 1. The molecular weight excluding hydrogens is 665 g/mol. The van der Waals surface area contributed by atoms with Crippen molar-refractivity contribution in [3.8, 4) is 0 Å². The summed E-state index contributed by atoms with van der Waals surface area (Å²) in [6.45, 7) is 3.39. The monoisotopic (exact) mass is 740 g/mol. The summed E-state index contributed by atoms with van der Waals surface area (Å²) in [7, 11) is -4.42. The first-order valence-electron chi connectivity index (χ1n) is 20.1. The summed E-state index contributed by atoms with van der Waals surface area (Å²) in [6.07, 6.45) is 41.8. The average molecular weight is 740 g/mol. The second-order valence-electron chi connectivity index (χ2n) is 13.2. The van der Waals surface area contributed by atoms with Gasteiger partial charge in [0.05, 0.1) is 13.2 Å². The molecule has 3 N–H and O–H groups in total. The summed E-state index contributed by atoms with van der Waals surface area (Å²) in [6, 6.07) is 0. The maximum absolute atomic E-state index is 12.1. The Balaban J connectivity index is 3.65. The van der Waals surface area contributed by atoms with E-state index in [0.717, 1.165) is 83.5 Å². The number of aliphatic hydroxyl groups is 1. The van der Waals surface area contributed by atoms with Gasteiger partial charge < -0.3 is 20.1 Å². The van der Waals surface area contributed by atoms with E-state index in [1.807, 2.05) is 0 Å². The molecule has 0 aromatic carbocycles. The van der Waals surface area contributed by atoms with E-state index in [0.29, 0.717) is 12.8 Å². The highest BCUT2D eigenvalue weighted by molar-refractivity contribution is 7.47. The zero-order valence-corrected chi connectivity index (χ0v) is 33.2. The second-order valence-corrected chi connectivity index (χ2v) is 14.7. The van der Waals surface area contributed by atoms with Gasteiger partial charge in [-0.25, -0.2) is 4.57 Å². The van der Waals surface area contributed by atoms with E-state index in [4.69, 9.17) is 13.8 Å². The molecule has 9 nitrogen and oxygen atoms in total. The van der Waals surface area contributed by atoms with Crippen molar-refractivity contribution in [1.82, 2.24) is 5.32 Å². The number of rotatable bonds is 37. The van der Waals surface area contributed by atoms with E-state index in [1.165, 1.54) is 51.4 Å². The number of phosphoric ester groups is 1. The van der Waals surface area contributed by atoms with Crippen LogP contribution in [0.15, 0.2) is 48.6 Å². The highest BCUT2D eigenvalue weighted by atomic mass is 31.2. The van der Waals surface area contributed by atoms with E-state index in [1.54, 1.807) is 0 Å². The quantitative estimate of drug-likeness (QED) is 0.0248. The molecule has 0 saturated heterocycles. The molecule has 0 spiro atoms. The normalized spacial score (nSPS) is 13.9. The van der Waals surface area contributed by atoms with E-state index in [9.17, 15) is 24.2 Å². The van der Waals surface area contributed by atoms with Crippen molar-refractivity contribution in [2.24, 2.45) is 0 Å². The van der Waals surface area contributed by atoms with Gasteiger partial charge in [-0.15, -0.1) is 0 Å².